The Bertz CT molecular complexity index is 971. The molecule has 8 heteroatoms. The number of aromatic amines is 1. The number of ether oxygens (including phenoxy) is 1. The molecule has 27 heavy (non-hydrogen) atoms. The van der Waals surface area contributed by atoms with Crippen LogP contribution in [0.5, 0.6) is 0 Å². The van der Waals surface area contributed by atoms with Crippen LogP contribution in [0.1, 0.15) is 15.9 Å². The van der Waals surface area contributed by atoms with Crippen molar-refractivity contribution in [3.63, 3.8) is 0 Å². The van der Waals surface area contributed by atoms with E-state index in [2.05, 4.69) is 25.2 Å². The monoisotopic (exact) mass is 382 g/mol. The fraction of sp³-hybridized carbons (Fsp3) is 0.158. The van der Waals surface area contributed by atoms with Gasteiger partial charge in [0.25, 0.3) is 0 Å². The third kappa shape index (κ3) is 4.73. The molecule has 0 saturated carbocycles. The number of aromatic nitrogens is 3. The van der Waals surface area contributed by atoms with Gasteiger partial charge in [-0.1, -0.05) is 42.1 Å². The minimum Gasteiger partial charge on any atom is -0.465 e. The van der Waals surface area contributed by atoms with Gasteiger partial charge in [-0.2, -0.15) is 0 Å². The van der Waals surface area contributed by atoms with Crippen LogP contribution in [0.4, 0.5) is 5.69 Å². The SMILES string of the molecule is COC(=O)c1cccc(NC(=O)CSc2n[nH]c(-c3ccccc3C)n2)c1. The highest BCUT2D eigenvalue weighted by molar-refractivity contribution is 7.99. The van der Waals surface area contributed by atoms with E-state index in [9.17, 15) is 9.59 Å². The number of carbonyl (C=O) groups excluding carboxylic acids is 2. The zero-order valence-electron chi connectivity index (χ0n) is 14.9. The Hall–Kier alpha value is -3.13. The Labute approximate surface area is 160 Å². The van der Waals surface area contributed by atoms with Crippen LogP contribution >= 0.6 is 11.8 Å². The summed E-state index contributed by atoms with van der Waals surface area (Å²) in [5.74, 6) is 0.143. The van der Waals surface area contributed by atoms with Gasteiger partial charge in [-0.3, -0.25) is 9.89 Å². The molecule has 3 aromatic rings. The summed E-state index contributed by atoms with van der Waals surface area (Å²) in [7, 11) is 1.31. The number of aryl methyl sites for hydroxylation is 1. The molecule has 0 radical (unpaired) electrons. The largest absolute Gasteiger partial charge is 0.465 e. The molecule has 1 aromatic heterocycles. The first kappa shape index (κ1) is 18.7. The molecule has 0 atom stereocenters. The minimum atomic E-state index is -0.454. The number of thioether (sulfide) groups is 1. The Kier molecular flexibility index (Phi) is 5.87. The molecule has 0 unspecified atom stereocenters. The van der Waals surface area contributed by atoms with Crippen LogP contribution in [-0.2, 0) is 9.53 Å². The van der Waals surface area contributed by atoms with Crippen molar-refractivity contribution in [2.45, 2.75) is 12.1 Å². The van der Waals surface area contributed by atoms with Crippen molar-refractivity contribution in [3.05, 3.63) is 59.7 Å². The summed E-state index contributed by atoms with van der Waals surface area (Å²) in [5, 5.41) is 10.3. The smallest absolute Gasteiger partial charge is 0.337 e. The number of nitrogens with zero attached hydrogens (tertiary/aromatic N) is 2. The number of benzene rings is 2. The summed E-state index contributed by atoms with van der Waals surface area (Å²) < 4.78 is 4.67. The van der Waals surface area contributed by atoms with Crippen LogP contribution in [0.25, 0.3) is 11.4 Å². The molecule has 138 valence electrons. The molecule has 7 nitrogen and oxygen atoms in total. The van der Waals surface area contributed by atoms with Crippen molar-refractivity contribution in [2.75, 3.05) is 18.2 Å². The van der Waals surface area contributed by atoms with Gasteiger partial charge < -0.3 is 10.1 Å². The van der Waals surface area contributed by atoms with Crippen molar-refractivity contribution in [1.82, 2.24) is 15.2 Å². The van der Waals surface area contributed by atoms with Crippen molar-refractivity contribution < 1.29 is 14.3 Å². The second-order valence-corrected chi connectivity index (χ2v) is 6.63. The maximum absolute atomic E-state index is 12.2. The van der Waals surface area contributed by atoms with Crippen LogP contribution in [-0.4, -0.2) is 39.9 Å². The second kappa shape index (κ2) is 8.50. The Morgan fingerprint density at radius 3 is 2.78 bits per heavy atom. The fourth-order valence-corrected chi connectivity index (χ4v) is 3.04. The van der Waals surface area contributed by atoms with E-state index < -0.39 is 5.97 Å². The summed E-state index contributed by atoms with van der Waals surface area (Å²) in [5.41, 5.74) is 2.97. The van der Waals surface area contributed by atoms with E-state index in [-0.39, 0.29) is 11.7 Å². The first-order valence-electron chi connectivity index (χ1n) is 8.16. The van der Waals surface area contributed by atoms with Crippen molar-refractivity contribution in [2.24, 2.45) is 0 Å². The molecular weight excluding hydrogens is 364 g/mol. The zero-order valence-corrected chi connectivity index (χ0v) is 15.7. The Balaban J connectivity index is 1.59. The maximum Gasteiger partial charge on any atom is 0.337 e. The van der Waals surface area contributed by atoms with Crippen LogP contribution in [0, 0.1) is 6.92 Å². The molecule has 0 spiro atoms. The van der Waals surface area contributed by atoms with Gasteiger partial charge in [-0.05, 0) is 30.7 Å². The predicted molar refractivity (Wildman–Crippen MR) is 104 cm³/mol. The van der Waals surface area contributed by atoms with E-state index in [1.54, 1.807) is 24.3 Å². The van der Waals surface area contributed by atoms with Crippen molar-refractivity contribution in [1.29, 1.82) is 0 Å². The number of nitrogens with one attached hydrogen (secondary N) is 2. The van der Waals surface area contributed by atoms with Gasteiger partial charge >= 0.3 is 5.97 Å². The number of anilines is 1. The number of esters is 1. The lowest BCUT2D eigenvalue weighted by Gasteiger charge is -2.06. The first-order chi connectivity index (χ1) is 13.1. The molecule has 1 amide bonds. The standard InChI is InChI=1S/C19H18N4O3S/c1-12-6-3-4-9-15(12)17-21-19(23-22-17)27-11-16(24)20-14-8-5-7-13(10-14)18(25)26-2/h3-10H,11H2,1-2H3,(H,20,24)(H,21,22,23). The molecule has 3 rings (SSSR count). The molecule has 0 fully saturated rings. The molecular formula is C19H18N4O3S. The zero-order chi connectivity index (χ0) is 19.2. The maximum atomic E-state index is 12.2. The van der Waals surface area contributed by atoms with E-state index in [1.807, 2.05) is 31.2 Å². The number of methoxy groups -OCH3 is 1. The predicted octanol–water partition coefficient (Wildman–Crippen LogP) is 3.30. The van der Waals surface area contributed by atoms with E-state index in [4.69, 9.17) is 0 Å². The molecule has 0 aliphatic rings. The quantitative estimate of drug-likeness (QED) is 0.501. The van der Waals surface area contributed by atoms with Gasteiger partial charge in [-0.25, -0.2) is 9.78 Å². The number of carbonyl (C=O) groups is 2. The molecule has 1 heterocycles. The summed E-state index contributed by atoms with van der Waals surface area (Å²) >= 11 is 1.23. The Morgan fingerprint density at radius 2 is 2.00 bits per heavy atom. The molecule has 2 aromatic carbocycles. The lowest BCUT2D eigenvalue weighted by molar-refractivity contribution is -0.113. The van der Waals surface area contributed by atoms with Gasteiger partial charge in [0.2, 0.25) is 11.1 Å². The first-order valence-corrected chi connectivity index (χ1v) is 9.15. The normalized spacial score (nSPS) is 10.4. The molecule has 0 saturated heterocycles. The topological polar surface area (TPSA) is 97.0 Å². The van der Waals surface area contributed by atoms with Gasteiger partial charge in [0, 0.05) is 11.3 Å². The average Bonchev–Trinajstić information content (AvgIpc) is 3.15. The fourth-order valence-electron chi connectivity index (χ4n) is 2.44. The number of hydrogen-bond donors (Lipinski definition) is 2. The second-order valence-electron chi connectivity index (χ2n) is 5.69. The average molecular weight is 382 g/mol. The molecule has 0 aliphatic heterocycles. The molecule has 0 aliphatic carbocycles. The lowest BCUT2D eigenvalue weighted by Crippen LogP contribution is -2.14. The van der Waals surface area contributed by atoms with E-state index in [0.717, 1.165) is 11.1 Å². The van der Waals surface area contributed by atoms with Gasteiger partial charge in [-0.15, -0.1) is 5.10 Å². The van der Waals surface area contributed by atoms with Crippen LogP contribution < -0.4 is 5.32 Å². The third-order valence-corrected chi connectivity index (χ3v) is 4.61. The lowest BCUT2D eigenvalue weighted by atomic mass is 10.1. The Morgan fingerprint density at radius 1 is 1.19 bits per heavy atom. The number of hydrogen-bond acceptors (Lipinski definition) is 6. The van der Waals surface area contributed by atoms with Gasteiger partial charge in [0.1, 0.15) is 0 Å². The summed E-state index contributed by atoms with van der Waals surface area (Å²) in [6.07, 6.45) is 0. The highest BCUT2D eigenvalue weighted by Crippen LogP contribution is 2.22. The highest BCUT2D eigenvalue weighted by Gasteiger charge is 2.11. The molecule has 2 N–H and O–H groups in total. The summed E-state index contributed by atoms with van der Waals surface area (Å²) in [6.45, 7) is 2.00. The number of H-pyrrole nitrogens is 1. The summed E-state index contributed by atoms with van der Waals surface area (Å²) in [4.78, 5) is 28.1. The van der Waals surface area contributed by atoms with Gasteiger partial charge in [0.05, 0.1) is 18.4 Å². The van der Waals surface area contributed by atoms with E-state index in [0.29, 0.717) is 22.2 Å². The minimum absolute atomic E-state index is 0.146. The highest BCUT2D eigenvalue weighted by atomic mass is 32.2. The van der Waals surface area contributed by atoms with Crippen LogP contribution in [0.2, 0.25) is 0 Å². The van der Waals surface area contributed by atoms with Crippen LogP contribution in [0.15, 0.2) is 53.7 Å². The van der Waals surface area contributed by atoms with E-state index in [1.165, 1.54) is 18.9 Å². The number of rotatable bonds is 6. The third-order valence-electron chi connectivity index (χ3n) is 3.76. The molecule has 0 bridgehead atoms. The van der Waals surface area contributed by atoms with Gasteiger partial charge in [0.15, 0.2) is 5.82 Å². The van der Waals surface area contributed by atoms with Crippen LogP contribution in [0.3, 0.4) is 0 Å². The van der Waals surface area contributed by atoms with E-state index >= 15 is 0 Å². The number of amides is 1. The van der Waals surface area contributed by atoms with Crippen molar-refractivity contribution >= 4 is 29.3 Å². The van der Waals surface area contributed by atoms with Crippen molar-refractivity contribution in [3.8, 4) is 11.4 Å². The summed E-state index contributed by atoms with van der Waals surface area (Å²) in [6, 6.07) is 14.4.